The SMILES string of the molecule is O=C(O)c1cccc2c1Nc1cc(CCc3ccc(Cl)c(Cl)c3)ccc1O2. The van der Waals surface area contributed by atoms with Crippen LogP contribution in [0.4, 0.5) is 11.4 Å². The second kappa shape index (κ2) is 7.14. The lowest BCUT2D eigenvalue weighted by Crippen LogP contribution is -2.09. The van der Waals surface area contributed by atoms with Crippen LogP contribution in [-0.4, -0.2) is 11.1 Å². The highest BCUT2D eigenvalue weighted by Crippen LogP contribution is 2.43. The highest BCUT2D eigenvalue weighted by Gasteiger charge is 2.22. The van der Waals surface area contributed by atoms with Gasteiger partial charge in [-0.15, -0.1) is 0 Å². The lowest BCUT2D eigenvalue weighted by molar-refractivity contribution is 0.0697. The van der Waals surface area contributed by atoms with E-state index in [2.05, 4.69) is 5.32 Å². The van der Waals surface area contributed by atoms with E-state index in [1.807, 2.05) is 30.3 Å². The molecule has 0 saturated carbocycles. The lowest BCUT2D eigenvalue weighted by atomic mass is 10.0. The number of hydrogen-bond donors (Lipinski definition) is 2. The number of nitrogens with one attached hydrogen (secondary N) is 1. The molecule has 4 nitrogen and oxygen atoms in total. The second-order valence-electron chi connectivity index (χ2n) is 6.29. The van der Waals surface area contributed by atoms with Gasteiger partial charge in [0.05, 0.1) is 27.0 Å². The summed E-state index contributed by atoms with van der Waals surface area (Å²) < 4.78 is 5.86. The van der Waals surface area contributed by atoms with Crippen molar-refractivity contribution in [1.82, 2.24) is 0 Å². The first-order valence-electron chi connectivity index (χ1n) is 8.39. The summed E-state index contributed by atoms with van der Waals surface area (Å²) in [6.45, 7) is 0. The van der Waals surface area contributed by atoms with Gasteiger partial charge in [-0.3, -0.25) is 0 Å². The van der Waals surface area contributed by atoms with Crippen molar-refractivity contribution in [2.45, 2.75) is 12.8 Å². The number of carbonyl (C=O) groups is 1. The van der Waals surface area contributed by atoms with Gasteiger partial charge in [-0.05, 0) is 60.4 Å². The Kier molecular flexibility index (Phi) is 4.68. The molecule has 6 heteroatoms. The van der Waals surface area contributed by atoms with Crippen LogP contribution in [0.15, 0.2) is 54.6 Å². The van der Waals surface area contributed by atoms with Crippen LogP contribution in [0.25, 0.3) is 0 Å². The molecule has 0 aliphatic carbocycles. The summed E-state index contributed by atoms with van der Waals surface area (Å²) in [5.41, 5.74) is 3.61. The third-order valence-electron chi connectivity index (χ3n) is 4.47. The Morgan fingerprint density at radius 2 is 1.67 bits per heavy atom. The molecule has 0 amide bonds. The first kappa shape index (κ1) is 17.7. The normalized spacial score (nSPS) is 11.8. The molecule has 1 aliphatic heterocycles. The molecule has 27 heavy (non-hydrogen) atoms. The maximum atomic E-state index is 11.4. The highest BCUT2D eigenvalue weighted by atomic mass is 35.5. The molecule has 3 aromatic carbocycles. The van der Waals surface area contributed by atoms with Gasteiger partial charge in [-0.1, -0.05) is 41.4 Å². The van der Waals surface area contributed by atoms with Gasteiger partial charge in [-0.25, -0.2) is 4.79 Å². The lowest BCUT2D eigenvalue weighted by Gasteiger charge is -2.23. The fraction of sp³-hybridized carbons (Fsp3) is 0.0952. The number of aromatic carboxylic acids is 1. The maximum Gasteiger partial charge on any atom is 0.337 e. The Hall–Kier alpha value is -2.69. The van der Waals surface area contributed by atoms with Gasteiger partial charge >= 0.3 is 5.97 Å². The van der Waals surface area contributed by atoms with Crippen LogP contribution in [0.2, 0.25) is 10.0 Å². The second-order valence-corrected chi connectivity index (χ2v) is 7.10. The van der Waals surface area contributed by atoms with E-state index in [0.717, 1.165) is 29.7 Å². The topological polar surface area (TPSA) is 58.6 Å². The van der Waals surface area contributed by atoms with Crippen molar-refractivity contribution in [2.75, 3.05) is 5.32 Å². The first-order valence-corrected chi connectivity index (χ1v) is 9.15. The Morgan fingerprint density at radius 1 is 0.926 bits per heavy atom. The molecule has 0 aromatic heterocycles. The molecule has 0 bridgehead atoms. The summed E-state index contributed by atoms with van der Waals surface area (Å²) >= 11 is 12.0. The summed E-state index contributed by atoms with van der Waals surface area (Å²) in [5, 5.41) is 13.7. The van der Waals surface area contributed by atoms with Crippen molar-refractivity contribution in [1.29, 1.82) is 0 Å². The van der Waals surface area contributed by atoms with Crippen molar-refractivity contribution < 1.29 is 14.6 Å². The molecule has 4 rings (SSSR count). The van der Waals surface area contributed by atoms with E-state index in [4.69, 9.17) is 27.9 Å². The Labute approximate surface area is 166 Å². The van der Waals surface area contributed by atoms with Gasteiger partial charge in [0.15, 0.2) is 11.5 Å². The zero-order valence-electron chi connectivity index (χ0n) is 14.1. The van der Waals surface area contributed by atoms with E-state index in [1.54, 1.807) is 24.3 Å². The minimum atomic E-state index is -0.998. The first-order chi connectivity index (χ1) is 13.0. The van der Waals surface area contributed by atoms with E-state index in [-0.39, 0.29) is 5.56 Å². The van der Waals surface area contributed by atoms with Crippen LogP contribution < -0.4 is 10.1 Å². The minimum absolute atomic E-state index is 0.180. The number of aryl methyl sites for hydroxylation is 2. The predicted molar refractivity (Wildman–Crippen MR) is 107 cm³/mol. The predicted octanol–water partition coefficient (Wildman–Crippen LogP) is 6.33. The molecule has 0 fully saturated rings. The number of carboxylic acids is 1. The molecule has 2 N–H and O–H groups in total. The average Bonchev–Trinajstić information content (AvgIpc) is 2.66. The number of fused-ring (bicyclic) bond motifs is 2. The monoisotopic (exact) mass is 399 g/mol. The Morgan fingerprint density at radius 3 is 2.41 bits per heavy atom. The summed E-state index contributed by atoms with van der Waals surface area (Å²) in [6.07, 6.45) is 1.62. The fourth-order valence-corrected chi connectivity index (χ4v) is 3.40. The van der Waals surface area contributed by atoms with Gasteiger partial charge in [0.2, 0.25) is 0 Å². The number of halogens is 2. The van der Waals surface area contributed by atoms with Crippen molar-refractivity contribution in [3.8, 4) is 11.5 Å². The Bertz CT molecular complexity index is 1050. The summed E-state index contributed by atoms with van der Waals surface area (Å²) in [7, 11) is 0. The quantitative estimate of drug-likeness (QED) is 0.421. The molecule has 0 spiro atoms. The van der Waals surface area contributed by atoms with E-state index in [1.165, 1.54) is 0 Å². The third kappa shape index (κ3) is 3.59. The molecule has 0 saturated heterocycles. The number of para-hydroxylation sites is 1. The molecular formula is C21H15Cl2NO3. The number of carboxylic acid groups (broad SMARTS) is 1. The van der Waals surface area contributed by atoms with Crippen LogP contribution in [0.5, 0.6) is 11.5 Å². The minimum Gasteiger partial charge on any atom is -0.478 e. The van der Waals surface area contributed by atoms with Crippen molar-refractivity contribution in [3.05, 3.63) is 81.3 Å². The van der Waals surface area contributed by atoms with Gasteiger partial charge in [0.1, 0.15) is 0 Å². The standard InChI is InChI=1S/C21H15Cl2NO3/c22-15-8-6-12(10-16(15)23)4-5-13-7-9-18-17(11-13)24-20-14(21(25)26)2-1-3-19(20)27-18/h1-3,6-11,24H,4-5H2,(H,25,26). The summed E-state index contributed by atoms with van der Waals surface area (Å²) in [5.74, 6) is 0.177. The van der Waals surface area contributed by atoms with Gasteiger partial charge in [0, 0.05) is 0 Å². The van der Waals surface area contributed by atoms with E-state index < -0.39 is 5.97 Å². The zero-order chi connectivity index (χ0) is 19.0. The van der Waals surface area contributed by atoms with Crippen molar-refractivity contribution in [3.63, 3.8) is 0 Å². The Balaban J connectivity index is 1.56. The zero-order valence-corrected chi connectivity index (χ0v) is 15.6. The van der Waals surface area contributed by atoms with E-state index >= 15 is 0 Å². The number of ether oxygens (including phenoxy) is 1. The fourth-order valence-electron chi connectivity index (χ4n) is 3.08. The smallest absolute Gasteiger partial charge is 0.337 e. The van der Waals surface area contributed by atoms with Crippen molar-refractivity contribution in [2.24, 2.45) is 0 Å². The van der Waals surface area contributed by atoms with Gasteiger partial charge < -0.3 is 15.2 Å². The van der Waals surface area contributed by atoms with Crippen LogP contribution in [-0.2, 0) is 12.8 Å². The number of hydrogen-bond acceptors (Lipinski definition) is 3. The van der Waals surface area contributed by atoms with Crippen LogP contribution in [0, 0.1) is 0 Å². The van der Waals surface area contributed by atoms with Crippen LogP contribution in [0.1, 0.15) is 21.5 Å². The van der Waals surface area contributed by atoms with Crippen molar-refractivity contribution >= 4 is 40.5 Å². The molecule has 136 valence electrons. The molecule has 0 atom stereocenters. The van der Waals surface area contributed by atoms with Gasteiger partial charge in [-0.2, -0.15) is 0 Å². The third-order valence-corrected chi connectivity index (χ3v) is 5.21. The van der Waals surface area contributed by atoms with E-state index in [0.29, 0.717) is 27.2 Å². The highest BCUT2D eigenvalue weighted by molar-refractivity contribution is 6.42. The van der Waals surface area contributed by atoms with Crippen LogP contribution >= 0.6 is 23.2 Å². The summed E-state index contributed by atoms with van der Waals surface area (Å²) in [4.78, 5) is 11.4. The molecule has 1 aliphatic rings. The number of rotatable bonds is 4. The molecular weight excluding hydrogens is 385 g/mol. The average molecular weight is 400 g/mol. The molecule has 0 radical (unpaired) electrons. The maximum absolute atomic E-state index is 11.4. The van der Waals surface area contributed by atoms with E-state index in [9.17, 15) is 9.90 Å². The number of benzene rings is 3. The number of anilines is 2. The largest absolute Gasteiger partial charge is 0.478 e. The van der Waals surface area contributed by atoms with Crippen LogP contribution in [0.3, 0.4) is 0 Å². The molecule has 1 heterocycles. The summed E-state index contributed by atoms with van der Waals surface area (Å²) in [6, 6.07) is 16.5. The molecule has 0 unspecified atom stereocenters. The van der Waals surface area contributed by atoms with Gasteiger partial charge in [0.25, 0.3) is 0 Å². The molecule has 3 aromatic rings.